The predicted molar refractivity (Wildman–Crippen MR) is 115 cm³/mol. The minimum atomic E-state index is -0.0912. The zero-order chi connectivity index (χ0) is 20.2. The third kappa shape index (κ3) is 4.04. The number of nitrogens with one attached hydrogen (secondary N) is 1. The average Bonchev–Trinajstić information content (AvgIpc) is 3.16. The molecule has 4 rings (SSSR count). The van der Waals surface area contributed by atoms with Gasteiger partial charge in [-0.1, -0.05) is 30.3 Å². The number of hydrogen-bond acceptors (Lipinski definition) is 3. The van der Waals surface area contributed by atoms with Gasteiger partial charge in [0, 0.05) is 35.9 Å². The van der Waals surface area contributed by atoms with Gasteiger partial charge in [0.05, 0.1) is 12.8 Å². The predicted octanol–water partition coefficient (Wildman–Crippen LogP) is 4.47. The second-order valence-corrected chi connectivity index (χ2v) is 7.04. The molecule has 0 unspecified atom stereocenters. The van der Waals surface area contributed by atoms with Crippen molar-refractivity contribution in [2.45, 2.75) is 26.5 Å². The van der Waals surface area contributed by atoms with Gasteiger partial charge < -0.3 is 19.0 Å². The summed E-state index contributed by atoms with van der Waals surface area (Å²) < 4.78 is 13.3. The second-order valence-electron chi connectivity index (χ2n) is 7.04. The van der Waals surface area contributed by atoms with Gasteiger partial charge in [-0.05, 0) is 42.7 Å². The molecule has 0 radical (unpaired) electrons. The molecular weight excluding hydrogens is 364 g/mol. The van der Waals surface area contributed by atoms with Gasteiger partial charge in [-0.2, -0.15) is 0 Å². The fraction of sp³-hybridized carbons (Fsp3) is 0.208. The van der Waals surface area contributed by atoms with E-state index in [-0.39, 0.29) is 5.43 Å². The summed E-state index contributed by atoms with van der Waals surface area (Å²) in [6, 6.07) is 17.5. The van der Waals surface area contributed by atoms with E-state index < -0.39 is 0 Å². The molecule has 148 valence electrons. The Balaban J connectivity index is 1.53. The van der Waals surface area contributed by atoms with Gasteiger partial charge in [0.1, 0.15) is 12.4 Å². The van der Waals surface area contributed by atoms with E-state index in [0.29, 0.717) is 12.4 Å². The highest BCUT2D eigenvalue weighted by molar-refractivity contribution is 5.84. The number of nitrogens with zero attached hydrogens (tertiary/aromatic N) is 1. The van der Waals surface area contributed by atoms with E-state index in [1.165, 1.54) is 5.56 Å². The average molecular weight is 388 g/mol. The van der Waals surface area contributed by atoms with Crippen LogP contribution in [-0.4, -0.2) is 16.7 Å². The first kappa shape index (κ1) is 18.9. The first-order valence-corrected chi connectivity index (χ1v) is 9.66. The summed E-state index contributed by atoms with van der Waals surface area (Å²) in [5.74, 6) is 1.26. The number of benzene rings is 2. The number of rotatable bonds is 7. The Morgan fingerprint density at radius 1 is 1.07 bits per heavy atom. The van der Waals surface area contributed by atoms with Gasteiger partial charge in [0.25, 0.3) is 0 Å². The minimum Gasteiger partial charge on any atom is -0.497 e. The number of ether oxygens (including phenoxy) is 2. The van der Waals surface area contributed by atoms with E-state index in [2.05, 4.69) is 9.55 Å². The molecule has 5 nitrogen and oxygen atoms in total. The minimum absolute atomic E-state index is 0.0912. The molecule has 0 saturated heterocycles. The Hall–Kier alpha value is -3.47. The molecule has 0 aliphatic carbocycles. The van der Waals surface area contributed by atoms with Gasteiger partial charge in [-0.3, -0.25) is 4.79 Å². The lowest BCUT2D eigenvalue weighted by Crippen LogP contribution is -2.15. The number of H-pyrrole nitrogens is 1. The maximum Gasteiger partial charge on any atom is 0.223 e. The molecule has 0 bridgehead atoms. The van der Waals surface area contributed by atoms with E-state index in [9.17, 15) is 4.79 Å². The maximum atomic E-state index is 12.3. The molecule has 5 heteroatoms. The Kier molecular flexibility index (Phi) is 5.38. The lowest BCUT2D eigenvalue weighted by atomic mass is 10.1. The standard InChI is InChI=1S/C24H24N2O3/c1-17-24(29-16-18-6-4-3-5-7-18)23(27)11-13-26(17)12-10-19-15-25-22-9-8-20(28-2)14-21(19)22/h3-9,11,13-15,25H,10,12,16H2,1-2H3. The lowest BCUT2D eigenvalue weighted by Gasteiger charge is -2.15. The van der Waals surface area contributed by atoms with Crippen molar-refractivity contribution in [1.29, 1.82) is 0 Å². The zero-order valence-electron chi connectivity index (χ0n) is 16.6. The van der Waals surface area contributed by atoms with Gasteiger partial charge in [0.2, 0.25) is 5.43 Å². The molecule has 29 heavy (non-hydrogen) atoms. The number of hydrogen-bond donors (Lipinski definition) is 1. The fourth-order valence-electron chi connectivity index (χ4n) is 3.53. The van der Waals surface area contributed by atoms with E-state index in [0.717, 1.165) is 40.9 Å². The number of methoxy groups -OCH3 is 1. The highest BCUT2D eigenvalue weighted by Crippen LogP contribution is 2.24. The highest BCUT2D eigenvalue weighted by Gasteiger charge is 2.11. The summed E-state index contributed by atoms with van der Waals surface area (Å²) in [6.07, 6.45) is 4.70. The Morgan fingerprint density at radius 3 is 2.69 bits per heavy atom. The van der Waals surface area contributed by atoms with Crippen LogP contribution in [0.1, 0.15) is 16.8 Å². The molecule has 0 aliphatic rings. The molecule has 0 aliphatic heterocycles. The zero-order valence-corrected chi connectivity index (χ0v) is 16.6. The van der Waals surface area contributed by atoms with E-state index >= 15 is 0 Å². The monoisotopic (exact) mass is 388 g/mol. The van der Waals surface area contributed by atoms with Crippen LogP contribution in [0.15, 0.2) is 71.8 Å². The lowest BCUT2D eigenvalue weighted by molar-refractivity contribution is 0.297. The van der Waals surface area contributed by atoms with Crippen molar-refractivity contribution in [2.24, 2.45) is 0 Å². The normalized spacial score (nSPS) is 11.0. The van der Waals surface area contributed by atoms with E-state index in [1.807, 2.05) is 67.8 Å². The van der Waals surface area contributed by atoms with Crippen LogP contribution in [0.25, 0.3) is 10.9 Å². The summed E-state index contributed by atoms with van der Waals surface area (Å²) in [5, 5.41) is 1.16. The number of aryl methyl sites for hydroxylation is 2. The quantitative estimate of drug-likeness (QED) is 0.508. The first-order chi connectivity index (χ1) is 14.2. The Bertz CT molecular complexity index is 1180. The molecule has 0 fully saturated rings. The highest BCUT2D eigenvalue weighted by atomic mass is 16.5. The van der Waals surface area contributed by atoms with Crippen molar-refractivity contribution in [3.8, 4) is 11.5 Å². The van der Waals surface area contributed by atoms with Crippen LogP contribution in [0, 0.1) is 6.92 Å². The number of aromatic amines is 1. The molecule has 2 heterocycles. The Morgan fingerprint density at radius 2 is 1.90 bits per heavy atom. The van der Waals surface area contributed by atoms with Crippen molar-refractivity contribution in [1.82, 2.24) is 9.55 Å². The number of pyridine rings is 1. The summed E-state index contributed by atoms with van der Waals surface area (Å²) in [7, 11) is 1.67. The fourth-order valence-corrected chi connectivity index (χ4v) is 3.53. The third-order valence-corrected chi connectivity index (χ3v) is 5.21. The van der Waals surface area contributed by atoms with E-state index in [1.54, 1.807) is 13.2 Å². The van der Waals surface area contributed by atoms with Crippen molar-refractivity contribution < 1.29 is 9.47 Å². The molecule has 2 aromatic carbocycles. The third-order valence-electron chi connectivity index (χ3n) is 5.21. The largest absolute Gasteiger partial charge is 0.497 e. The van der Waals surface area contributed by atoms with Crippen molar-refractivity contribution in [3.05, 3.63) is 94.0 Å². The van der Waals surface area contributed by atoms with Crippen molar-refractivity contribution >= 4 is 10.9 Å². The topological polar surface area (TPSA) is 56.2 Å². The second kappa shape index (κ2) is 8.27. The molecule has 0 amide bonds. The summed E-state index contributed by atoms with van der Waals surface area (Å²) in [5.41, 5.74) is 4.08. The molecule has 4 aromatic rings. The molecule has 2 aromatic heterocycles. The van der Waals surface area contributed by atoms with Crippen LogP contribution in [0.5, 0.6) is 11.5 Å². The van der Waals surface area contributed by atoms with Gasteiger partial charge in [-0.25, -0.2) is 0 Å². The smallest absolute Gasteiger partial charge is 0.223 e. The molecular formula is C24H24N2O3. The first-order valence-electron chi connectivity index (χ1n) is 9.66. The summed E-state index contributed by atoms with van der Waals surface area (Å²) in [4.78, 5) is 15.6. The van der Waals surface area contributed by atoms with Crippen LogP contribution in [-0.2, 0) is 19.6 Å². The van der Waals surface area contributed by atoms with Gasteiger partial charge in [0.15, 0.2) is 5.75 Å². The molecule has 0 saturated carbocycles. The van der Waals surface area contributed by atoms with Crippen LogP contribution >= 0.6 is 0 Å². The number of fused-ring (bicyclic) bond motifs is 1. The van der Waals surface area contributed by atoms with Gasteiger partial charge >= 0.3 is 0 Å². The summed E-state index contributed by atoms with van der Waals surface area (Å²) >= 11 is 0. The Labute approximate surface area is 169 Å². The number of aromatic nitrogens is 2. The van der Waals surface area contributed by atoms with Gasteiger partial charge in [-0.15, -0.1) is 0 Å². The van der Waals surface area contributed by atoms with Crippen molar-refractivity contribution in [2.75, 3.05) is 7.11 Å². The van der Waals surface area contributed by atoms with Crippen molar-refractivity contribution in [3.63, 3.8) is 0 Å². The molecule has 0 atom stereocenters. The molecule has 1 N–H and O–H groups in total. The van der Waals surface area contributed by atoms with Crippen LogP contribution in [0.4, 0.5) is 0 Å². The van der Waals surface area contributed by atoms with Crippen LogP contribution in [0.2, 0.25) is 0 Å². The van der Waals surface area contributed by atoms with Crippen LogP contribution in [0.3, 0.4) is 0 Å². The van der Waals surface area contributed by atoms with E-state index in [4.69, 9.17) is 9.47 Å². The SMILES string of the molecule is COc1ccc2[nH]cc(CCn3ccc(=O)c(OCc4ccccc4)c3C)c2c1. The summed E-state index contributed by atoms with van der Waals surface area (Å²) in [6.45, 7) is 3.06. The van der Waals surface area contributed by atoms with Crippen LogP contribution < -0.4 is 14.9 Å². The molecule has 0 spiro atoms. The maximum absolute atomic E-state index is 12.3.